The molecule has 0 saturated carbocycles. The van der Waals surface area contributed by atoms with Crippen LogP contribution in [0.5, 0.6) is 0 Å². The van der Waals surface area contributed by atoms with Gasteiger partial charge in [-0.1, -0.05) is 65.2 Å². The van der Waals surface area contributed by atoms with Crippen molar-refractivity contribution >= 4 is 44.1 Å². The first-order valence-corrected chi connectivity index (χ1v) is 11.2. The summed E-state index contributed by atoms with van der Waals surface area (Å²) in [6.45, 7) is 1.91. The molecule has 4 rings (SSSR count). The third-order valence-corrected chi connectivity index (χ3v) is 6.99. The topological polar surface area (TPSA) is 62.0 Å². The molecule has 1 aromatic heterocycles. The molecule has 0 bridgehead atoms. The number of aromatic nitrogens is 1. The van der Waals surface area contributed by atoms with E-state index in [0.717, 1.165) is 22.0 Å². The molecule has 3 aromatic carbocycles. The van der Waals surface area contributed by atoms with Crippen LogP contribution >= 0.6 is 23.2 Å². The molecule has 0 amide bonds. The van der Waals surface area contributed by atoms with Crippen LogP contribution in [0.25, 0.3) is 10.9 Å². The predicted octanol–water partition coefficient (Wildman–Crippen LogP) is 5.85. The van der Waals surface area contributed by atoms with E-state index < -0.39 is 16.1 Å². The Balaban J connectivity index is 1.84. The zero-order valence-corrected chi connectivity index (χ0v) is 17.8. The van der Waals surface area contributed by atoms with Gasteiger partial charge < -0.3 is 4.98 Å². The van der Waals surface area contributed by atoms with Crippen molar-refractivity contribution in [3.8, 4) is 0 Å². The number of aromatic amines is 1. The minimum atomic E-state index is -3.78. The number of fused-ring (bicyclic) bond motifs is 1. The Hall–Kier alpha value is -2.31. The fraction of sp³-hybridized carbons (Fsp3) is 0.0909. The quantitative estimate of drug-likeness (QED) is 0.405. The van der Waals surface area contributed by atoms with Crippen LogP contribution in [0.15, 0.2) is 77.8 Å². The van der Waals surface area contributed by atoms with Crippen molar-refractivity contribution in [3.05, 3.63) is 99.7 Å². The van der Waals surface area contributed by atoms with Crippen molar-refractivity contribution in [2.24, 2.45) is 0 Å². The molecule has 0 radical (unpaired) electrons. The normalized spacial score (nSPS) is 12.9. The highest BCUT2D eigenvalue weighted by molar-refractivity contribution is 7.89. The van der Waals surface area contributed by atoms with E-state index in [1.807, 2.05) is 37.4 Å². The van der Waals surface area contributed by atoms with Crippen LogP contribution in [0.3, 0.4) is 0 Å². The van der Waals surface area contributed by atoms with E-state index in [1.54, 1.807) is 42.5 Å². The molecule has 0 aliphatic carbocycles. The average Bonchev–Trinajstić information content (AvgIpc) is 3.13. The number of aryl methyl sites for hydroxylation is 1. The summed E-state index contributed by atoms with van der Waals surface area (Å²) in [4.78, 5) is 3.41. The Morgan fingerprint density at radius 1 is 0.931 bits per heavy atom. The monoisotopic (exact) mass is 444 g/mol. The van der Waals surface area contributed by atoms with Crippen LogP contribution in [-0.4, -0.2) is 13.4 Å². The Morgan fingerprint density at radius 3 is 2.38 bits per heavy atom. The smallest absolute Gasteiger partial charge is 0.241 e. The van der Waals surface area contributed by atoms with Crippen molar-refractivity contribution in [3.63, 3.8) is 0 Å². The van der Waals surface area contributed by atoms with Gasteiger partial charge in [0.15, 0.2) is 0 Å². The van der Waals surface area contributed by atoms with Crippen molar-refractivity contribution < 1.29 is 8.42 Å². The van der Waals surface area contributed by atoms with Gasteiger partial charge in [-0.3, -0.25) is 0 Å². The summed E-state index contributed by atoms with van der Waals surface area (Å²) in [5, 5.41) is 1.70. The molecule has 0 fully saturated rings. The van der Waals surface area contributed by atoms with Gasteiger partial charge in [0.05, 0.1) is 21.0 Å². The lowest BCUT2D eigenvalue weighted by Gasteiger charge is -2.20. The average molecular weight is 445 g/mol. The molecule has 1 atom stereocenters. The molecular weight excluding hydrogens is 427 g/mol. The van der Waals surface area contributed by atoms with Crippen LogP contribution in [0.1, 0.15) is 22.7 Å². The summed E-state index contributed by atoms with van der Waals surface area (Å²) in [5.74, 6) is 0. The minimum Gasteiger partial charge on any atom is -0.361 e. The summed E-state index contributed by atoms with van der Waals surface area (Å²) in [6.07, 6.45) is 1.81. The third-order valence-electron chi connectivity index (χ3n) is 4.81. The highest BCUT2D eigenvalue weighted by Gasteiger charge is 2.25. The van der Waals surface area contributed by atoms with Crippen molar-refractivity contribution in [2.45, 2.75) is 17.9 Å². The van der Waals surface area contributed by atoms with Crippen molar-refractivity contribution in [2.75, 3.05) is 0 Å². The van der Waals surface area contributed by atoms with E-state index >= 15 is 0 Å². The third kappa shape index (κ3) is 4.05. The lowest BCUT2D eigenvalue weighted by molar-refractivity contribution is 0.572. The van der Waals surface area contributed by atoms with Crippen LogP contribution in [0, 0.1) is 6.92 Å². The number of halogens is 2. The summed E-state index contributed by atoms with van der Waals surface area (Å²) < 4.78 is 29.1. The fourth-order valence-corrected chi connectivity index (χ4v) is 4.79. The molecular formula is C22H18Cl2N2O2S. The molecule has 29 heavy (non-hydrogen) atoms. The number of rotatable bonds is 5. The number of sulfonamides is 1. The molecule has 0 spiro atoms. The van der Waals surface area contributed by atoms with Gasteiger partial charge in [0.25, 0.3) is 0 Å². The summed E-state index contributed by atoms with van der Waals surface area (Å²) in [6, 6.07) is 19.0. The Labute approximate surface area is 179 Å². The number of para-hydroxylation sites is 1. The lowest BCUT2D eigenvalue weighted by Crippen LogP contribution is -2.29. The first kappa shape index (κ1) is 20.0. The van der Waals surface area contributed by atoms with E-state index in [0.29, 0.717) is 15.6 Å². The largest absolute Gasteiger partial charge is 0.361 e. The van der Waals surface area contributed by atoms with E-state index in [4.69, 9.17) is 23.2 Å². The van der Waals surface area contributed by atoms with Gasteiger partial charge in [0.2, 0.25) is 10.0 Å². The molecule has 0 aliphatic rings. The molecule has 7 heteroatoms. The Kier molecular flexibility index (Phi) is 5.40. The predicted molar refractivity (Wildman–Crippen MR) is 118 cm³/mol. The van der Waals surface area contributed by atoms with Crippen LogP contribution in [-0.2, 0) is 10.0 Å². The van der Waals surface area contributed by atoms with E-state index in [9.17, 15) is 8.42 Å². The second-order valence-corrected chi connectivity index (χ2v) is 9.36. The standard InChI is InChI=1S/C22H18Cl2N2O2S/c1-14-6-9-16(10-7-14)29(27,28)26-22(15-8-11-19(23)20(24)12-15)18-13-25-21-5-3-2-4-17(18)21/h2-13,22,25-26H,1H3/t22-/m1/s1. The molecule has 1 heterocycles. The van der Waals surface area contributed by atoms with Gasteiger partial charge in [-0.15, -0.1) is 0 Å². The molecule has 4 aromatic rings. The Bertz CT molecular complexity index is 1280. The van der Waals surface area contributed by atoms with E-state index in [2.05, 4.69) is 9.71 Å². The summed E-state index contributed by atoms with van der Waals surface area (Å²) in [5.41, 5.74) is 3.40. The maximum atomic E-state index is 13.1. The molecule has 148 valence electrons. The zero-order chi connectivity index (χ0) is 20.6. The van der Waals surface area contributed by atoms with Gasteiger partial charge >= 0.3 is 0 Å². The minimum absolute atomic E-state index is 0.202. The van der Waals surface area contributed by atoms with E-state index in [-0.39, 0.29) is 4.90 Å². The van der Waals surface area contributed by atoms with Gasteiger partial charge in [-0.2, -0.15) is 4.72 Å². The highest BCUT2D eigenvalue weighted by atomic mass is 35.5. The zero-order valence-electron chi connectivity index (χ0n) is 15.5. The van der Waals surface area contributed by atoms with Crippen LogP contribution < -0.4 is 4.72 Å². The number of benzene rings is 3. The second-order valence-electron chi connectivity index (χ2n) is 6.83. The van der Waals surface area contributed by atoms with Crippen LogP contribution in [0.4, 0.5) is 0 Å². The number of hydrogen-bond acceptors (Lipinski definition) is 2. The Morgan fingerprint density at radius 2 is 1.66 bits per heavy atom. The van der Waals surface area contributed by atoms with E-state index in [1.165, 1.54) is 0 Å². The van der Waals surface area contributed by atoms with Gasteiger partial charge in [0.1, 0.15) is 0 Å². The summed E-state index contributed by atoms with van der Waals surface area (Å²) >= 11 is 12.3. The maximum Gasteiger partial charge on any atom is 0.241 e. The maximum absolute atomic E-state index is 13.1. The van der Waals surface area contributed by atoms with Gasteiger partial charge in [0, 0.05) is 17.1 Å². The fourth-order valence-electron chi connectivity index (χ4n) is 3.28. The SMILES string of the molecule is Cc1ccc(S(=O)(=O)N[C@H](c2ccc(Cl)c(Cl)c2)c2c[nH]c3ccccc23)cc1. The second kappa shape index (κ2) is 7.84. The first-order valence-electron chi connectivity index (χ1n) is 8.95. The molecule has 4 nitrogen and oxygen atoms in total. The number of hydrogen-bond donors (Lipinski definition) is 2. The molecule has 2 N–H and O–H groups in total. The highest BCUT2D eigenvalue weighted by Crippen LogP contribution is 2.33. The molecule has 0 saturated heterocycles. The van der Waals surface area contributed by atoms with Gasteiger partial charge in [-0.05, 0) is 48.4 Å². The molecule has 0 aliphatic heterocycles. The summed E-state index contributed by atoms with van der Waals surface area (Å²) in [7, 11) is -3.78. The van der Waals surface area contributed by atoms with Gasteiger partial charge in [-0.25, -0.2) is 8.42 Å². The van der Waals surface area contributed by atoms with Crippen LogP contribution in [0.2, 0.25) is 10.0 Å². The number of H-pyrrole nitrogens is 1. The first-order chi connectivity index (χ1) is 13.8. The lowest BCUT2D eigenvalue weighted by atomic mass is 9.99. The van der Waals surface area contributed by atoms with Crippen molar-refractivity contribution in [1.29, 1.82) is 0 Å². The van der Waals surface area contributed by atoms with Crippen molar-refractivity contribution in [1.82, 2.24) is 9.71 Å². The number of nitrogens with one attached hydrogen (secondary N) is 2. The molecule has 0 unspecified atom stereocenters.